The van der Waals surface area contributed by atoms with E-state index in [0.29, 0.717) is 6.61 Å². The van der Waals surface area contributed by atoms with Gasteiger partial charge in [0, 0.05) is 23.2 Å². The Bertz CT molecular complexity index is 215. The van der Waals surface area contributed by atoms with E-state index in [2.05, 4.69) is 9.47 Å². The van der Waals surface area contributed by atoms with Gasteiger partial charge >= 0.3 is 10.9 Å². The fraction of sp³-hybridized carbons (Fsp3) is 0.714. The standard InChI is InChI=1S/C4H7ClO2.C3H2Cl4O2/c1-2-3-7-4(5)6;4-2(8)9-1-3(5,6)7/h2-3H2,1H3;1H2. The van der Waals surface area contributed by atoms with Gasteiger partial charge in [-0.15, -0.1) is 0 Å². The molecular formula is C7H9Cl5O4. The van der Waals surface area contributed by atoms with E-state index in [1.54, 1.807) is 0 Å². The second-order valence-electron chi connectivity index (χ2n) is 2.23. The van der Waals surface area contributed by atoms with Crippen LogP contribution in [0, 0.1) is 0 Å². The Hall–Kier alpha value is 0.390. The SMILES string of the molecule is CCCOC(=O)Cl.O=C(Cl)OCC(Cl)(Cl)Cl. The van der Waals surface area contributed by atoms with E-state index >= 15 is 0 Å². The van der Waals surface area contributed by atoms with Crippen molar-refractivity contribution in [3.8, 4) is 0 Å². The zero-order valence-corrected chi connectivity index (χ0v) is 11.9. The lowest BCUT2D eigenvalue weighted by molar-refractivity contribution is 0.173. The van der Waals surface area contributed by atoms with Crippen molar-refractivity contribution in [3.05, 3.63) is 0 Å². The Kier molecular flexibility index (Phi) is 12.3. The third-order valence-electron chi connectivity index (χ3n) is 0.769. The first-order chi connectivity index (χ1) is 7.19. The van der Waals surface area contributed by atoms with Gasteiger partial charge in [0.2, 0.25) is 3.79 Å². The summed E-state index contributed by atoms with van der Waals surface area (Å²) in [7, 11) is 0. The van der Waals surface area contributed by atoms with Gasteiger partial charge in [-0.3, -0.25) is 0 Å². The van der Waals surface area contributed by atoms with Gasteiger partial charge in [0.15, 0.2) is 0 Å². The Labute approximate surface area is 118 Å². The van der Waals surface area contributed by atoms with Crippen molar-refractivity contribution in [1.29, 1.82) is 0 Å². The summed E-state index contributed by atoms with van der Waals surface area (Å²) in [5, 5.41) is 0. The lowest BCUT2D eigenvalue weighted by Gasteiger charge is -2.07. The van der Waals surface area contributed by atoms with E-state index in [4.69, 9.17) is 58.0 Å². The van der Waals surface area contributed by atoms with Gasteiger partial charge in [-0.1, -0.05) is 41.7 Å². The molecule has 9 heteroatoms. The molecular weight excluding hydrogens is 325 g/mol. The predicted octanol–water partition coefficient (Wildman–Crippen LogP) is 4.50. The van der Waals surface area contributed by atoms with E-state index in [1.165, 1.54) is 0 Å². The van der Waals surface area contributed by atoms with Crippen molar-refractivity contribution in [1.82, 2.24) is 0 Å². The van der Waals surface area contributed by atoms with Crippen LogP contribution >= 0.6 is 58.0 Å². The van der Waals surface area contributed by atoms with Gasteiger partial charge in [0.25, 0.3) is 0 Å². The minimum Gasteiger partial charge on any atom is -0.454 e. The number of alkyl halides is 3. The van der Waals surface area contributed by atoms with Crippen molar-refractivity contribution in [2.24, 2.45) is 0 Å². The van der Waals surface area contributed by atoms with E-state index in [-0.39, 0.29) is 6.61 Å². The average Bonchev–Trinajstić information content (AvgIpc) is 2.11. The fourth-order valence-corrected chi connectivity index (χ4v) is 0.616. The van der Waals surface area contributed by atoms with Crippen molar-refractivity contribution >= 4 is 68.9 Å². The minimum atomic E-state index is -1.58. The summed E-state index contributed by atoms with van der Waals surface area (Å²) in [5.41, 5.74) is -1.71. The van der Waals surface area contributed by atoms with Gasteiger partial charge in [0.1, 0.15) is 6.61 Å². The van der Waals surface area contributed by atoms with Crippen LogP contribution in [-0.2, 0) is 9.47 Å². The molecule has 0 saturated carbocycles. The highest BCUT2D eigenvalue weighted by Crippen LogP contribution is 2.26. The Morgan fingerprint density at radius 3 is 1.62 bits per heavy atom. The lowest BCUT2D eigenvalue weighted by atomic mass is 10.5. The third kappa shape index (κ3) is 23.9. The van der Waals surface area contributed by atoms with Gasteiger partial charge in [-0.25, -0.2) is 9.59 Å². The number of carbonyl (C=O) groups is 2. The quantitative estimate of drug-likeness (QED) is 0.563. The number of hydrogen-bond donors (Lipinski definition) is 0. The van der Waals surface area contributed by atoms with E-state index in [0.717, 1.165) is 6.42 Å². The smallest absolute Gasteiger partial charge is 0.403 e. The third-order valence-corrected chi connectivity index (χ3v) is 1.31. The molecule has 0 rings (SSSR count). The van der Waals surface area contributed by atoms with Crippen LogP contribution in [0.15, 0.2) is 0 Å². The summed E-state index contributed by atoms with van der Waals surface area (Å²) >= 11 is 25.1. The predicted molar refractivity (Wildman–Crippen MR) is 65.0 cm³/mol. The van der Waals surface area contributed by atoms with Gasteiger partial charge in [0.05, 0.1) is 6.61 Å². The van der Waals surface area contributed by atoms with Crippen molar-refractivity contribution in [2.45, 2.75) is 17.1 Å². The van der Waals surface area contributed by atoms with Crippen molar-refractivity contribution in [2.75, 3.05) is 13.2 Å². The maximum Gasteiger partial charge on any atom is 0.403 e. The number of ether oxygens (including phenoxy) is 2. The molecule has 0 aromatic heterocycles. The van der Waals surface area contributed by atoms with Crippen LogP contribution in [0.5, 0.6) is 0 Å². The molecule has 0 aromatic rings. The molecule has 96 valence electrons. The van der Waals surface area contributed by atoms with Crippen molar-refractivity contribution in [3.63, 3.8) is 0 Å². The molecule has 0 heterocycles. The first kappa shape index (κ1) is 18.7. The first-order valence-corrected chi connectivity index (χ1v) is 5.79. The van der Waals surface area contributed by atoms with Crippen LogP contribution < -0.4 is 0 Å². The molecule has 0 atom stereocenters. The summed E-state index contributed by atoms with van der Waals surface area (Å²) < 4.78 is 6.88. The molecule has 0 aliphatic heterocycles. The Morgan fingerprint density at radius 1 is 1.06 bits per heavy atom. The molecule has 0 bridgehead atoms. The summed E-state index contributed by atoms with van der Waals surface area (Å²) in [6.07, 6.45) is 0.818. The highest BCUT2D eigenvalue weighted by Gasteiger charge is 2.21. The molecule has 0 aromatic carbocycles. The van der Waals surface area contributed by atoms with E-state index in [9.17, 15) is 9.59 Å². The van der Waals surface area contributed by atoms with Crippen molar-refractivity contribution < 1.29 is 19.1 Å². The molecule has 0 aliphatic rings. The van der Waals surface area contributed by atoms with Crippen LogP contribution in [0.3, 0.4) is 0 Å². The van der Waals surface area contributed by atoms with E-state index < -0.39 is 14.6 Å². The second kappa shape index (κ2) is 10.5. The molecule has 0 unspecified atom stereocenters. The number of halogens is 5. The topological polar surface area (TPSA) is 52.6 Å². The summed E-state index contributed by atoms with van der Waals surface area (Å²) in [6, 6.07) is 0. The first-order valence-electron chi connectivity index (χ1n) is 3.90. The van der Waals surface area contributed by atoms with Gasteiger partial charge in [-0.05, 0) is 6.42 Å². The van der Waals surface area contributed by atoms with E-state index in [1.807, 2.05) is 6.92 Å². The molecule has 0 amide bonds. The van der Waals surface area contributed by atoms with Crippen LogP contribution in [0.25, 0.3) is 0 Å². The molecule has 4 nitrogen and oxygen atoms in total. The maximum absolute atomic E-state index is 9.86. The molecule has 0 spiro atoms. The number of rotatable bonds is 3. The normalized spacial score (nSPS) is 9.88. The minimum absolute atomic E-state index is 0.333. The summed E-state index contributed by atoms with van der Waals surface area (Å²) in [5.74, 6) is 0. The molecule has 0 radical (unpaired) electrons. The molecule has 0 N–H and O–H groups in total. The van der Waals surface area contributed by atoms with Crippen LogP contribution in [-0.4, -0.2) is 27.9 Å². The highest BCUT2D eigenvalue weighted by atomic mass is 35.6. The van der Waals surface area contributed by atoms with Crippen LogP contribution in [0.4, 0.5) is 9.59 Å². The Morgan fingerprint density at radius 2 is 1.50 bits per heavy atom. The summed E-state index contributed by atoms with van der Waals surface area (Å²) in [6.45, 7) is 1.99. The molecule has 0 saturated heterocycles. The zero-order chi connectivity index (χ0) is 13.2. The number of hydrogen-bond acceptors (Lipinski definition) is 4. The average molecular weight is 334 g/mol. The maximum atomic E-state index is 9.86. The Balaban J connectivity index is 0. The fourth-order valence-electron chi connectivity index (χ4n) is 0.321. The monoisotopic (exact) mass is 332 g/mol. The molecule has 0 aliphatic carbocycles. The van der Waals surface area contributed by atoms with Crippen LogP contribution in [0.1, 0.15) is 13.3 Å². The molecule has 16 heavy (non-hydrogen) atoms. The second-order valence-corrected chi connectivity index (χ2v) is 5.36. The van der Waals surface area contributed by atoms with Crippen LogP contribution in [0.2, 0.25) is 0 Å². The van der Waals surface area contributed by atoms with Gasteiger partial charge in [-0.2, -0.15) is 0 Å². The van der Waals surface area contributed by atoms with Gasteiger partial charge < -0.3 is 9.47 Å². The molecule has 0 fully saturated rings. The zero-order valence-electron chi connectivity index (χ0n) is 8.14. The highest BCUT2D eigenvalue weighted by molar-refractivity contribution is 6.68. The lowest BCUT2D eigenvalue weighted by Crippen LogP contribution is -2.13. The number of carbonyl (C=O) groups excluding carboxylic acids is 2. The summed E-state index contributed by atoms with van der Waals surface area (Å²) in [4.78, 5) is 19.6. The largest absolute Gasteiger partial charge is 0.454 e.